The summed E-state index contributed by atoms with van der Waals surface area (Å²) in [4.78, 5) is 16.8. The second-order valence-electron chi connectivity index (χ2n) is 8.15. The first kappa shape index (κ1) is 23.9. The van der Waals surface area contributed by atoms with Gasteiger partial charge in [0.05, 0.1) is 11.4 Å². The zero-order valence-electron chi connectivity index (χ0n) is 19.3. The normalized spacial score (nSPS) is 11.2. The lowest BCUT2D eigenvalue weighted by Crippen LogP contribution is -2.37. The summed E-state index contributed by atoms with van der Waals surface area (Å²) in [5, 5.41) is 9.21. The van der Waals surface area contributed by atoms with Gasteiger partial charge in [0.15, 0.2) is 5.16 Å². The lowest BCUT2D eigenvalue weighted by Gasteiger charge is -2.24. The molecule has 6 nitrogen and oxygen atoms in total. The molecule has 0 saturated heterocycles. The maximum absolute atomic E-state index is 14.2. The van der Waals surface area contributed by atoms with Gasteiger partial charge in [0.2, 0.25) is 5.91 Å². The minimum Gasteiger partial charge on any atom is -0.336 e. The zero-order valence-corrected chi connectivity index (χ0v) is 20.1. The third-order valence-electron chi connectivity index (χ3n) is 5.21. The summed E-state index contributed by atoms with van der Waals surface area (Å²) in [5.41, 5.74) is 3.78. The molecular formula is C24H30FN5OS. The fourth-order valence-electron chi connectivity index (χ4n) is 3.34. The molecule has 0 aliphatic carbocycles. The maximum Gasteiger partial charge on any atom is 0.233 e. The fourth-order valence-corrected chi connectivity index (χ4v) is 4.23. The minimum absolute atomic E-state index is 0.0618. The number of likely N-dealkylation sites (N-methyl/N-ethyl adjacent to an activating group) is 1. The van der Waals surface area contributed by atoms with Crippen molar-refractivity contribution in [3.63, 3.8) is 0 Å². The number of carbonyl (C=O) groups excluding carboxylic acids is 1. The summed E-state index contributed by atoms with van der Waals surface area (Å²) in [6.45, 7) is 7.45. The molecule has 0 fully saturated rings. The highest BCUT2D eigenvalue weighted by atomic mass is 32.2. The highest BCUT2D eigenvalue weighted by Crippen LogP contribution is 2.25. The Balaban J connectivity index is 1.78. The topological polar surface area (TPSA) is 54.3 Å². The average Bonchev–Trinajstić information content (AvgIpc) is 3.12. The average molecular weight is 456 g/mol. The second-order valence-corrected chi connectivity index (χ2v) is 9.10. The highest BCUT2D eigenvalue weighted by molar-refractivity contribution is 7.99. The van der Waals surface area contributed by atoms with Crippen molar-refractivity contribution in [3.05, 3.63) is 70.8 Å². The van der Waals surface area contributed by atoms with Gasteiger partial charge in [0.25, 0.3) is 0 Å². The molecule has 0 aliphatic rings. The number of halogens is 1. The Morgan fingerprint density at radius 1 is 1.06 bits per heavy atom. The second kappa shape index (κ2) is 10.7. The number of thioether (sulfide) groups is 1. The van der Waals surface area contributed by atoms with Gasteiger partial charge in [-0.05, 0) is 58.1 Å². The van der Waals surface area contributed by atoms with Crippen LogP contribution >= 0.6 is 11.8 Å². The van der Waals surface area contributed by atoms with Crippen molar-refractivity contribution in [2.75, 3.05) is 32.9 Å². The van der Waals surface area contributed by atoms with Crippen LogP contribution in [-0.2, 0) is 11.3 Å². The van der Waals surface area contributed by atoms with Crippen molar-refractivity contribution >= 4 is 17.7 Å². The summed E-state index contributed by atoms with van der Waals surface area (Å²) < 4.78 is 16.2. The van der Waals surface area contributed by atoms with Gasteiger partial charge in [-0.15, -0.1) is 10.2 Å². The van der Waals surface area contributed by atoms with Crippen LogP contribution < -0.4 is 0 Å². The van der Waals surface area contributed by atoms with E-state index in [1.165, 1.54) is 17.8 Å². The standard InChI is InChI=1S/C24H30FN5OS/c1-17-10-11-18(2)22(14-17)30-19(3)26-27-24(30)32-16-23(31)29(13-12-28(4)5)15-20-8-6-7-9-21(20)25/h6-11,14H,12-13,15-16H2,1-5H3. The van der Waals surface area contributed by atoms with E-state index in [0.717, 1.165) is 22.6 Å². The van der Waals surface area contributed by atoms with E-state index in [2.05, 4.69) is 28.4 Å². The Bertz CT molecular complexity index is 1080. The molecule has 3 aromatic rings. The third kappa shape index (κ3) is 5.95. The molecule has 0 bridgehead atoms. The Morgan fingerprint density at radius 3 is 2.53 bits per heavy atom. The van der Waals surface area contributed by atoms with E-state index < -0.39 is 0 Å². The zero-order chi connectivity index (χ0) is 23.3. The van der Waals surface area contributed by atoms with Crippen molar-refractivity contribution in [1.82, 2.24) is 24.6 Å². The van der Waals surface area contributed by atoms with E-state index in [1.807, 2.05) is 44.3 Å². The van der Waals surface area contributed by atoms with Gasteiger partial charge in [-0.1, -0.05) is 42.1 Å². The van der Waals surface area contributed by atoms with E-state index in [9.17, 15) is 9.18 Å². The van der Waals surface area contributed by atoms with Crippen molar-refractivity contribution in [2.24, 2.45) is 0 Å². The number of hydrogen-bond acceptors (Lipinski definition) is 5. The van der Waals surface area contributed by atoms with Crippen LogP contribution in [-0.4, -0.2) is 63.4 Å². The van der Waals surface area contributed by atoms with E-state index in [0.29, 0.717) is 23.8 Å². The summed E-state index contributed by atoms with van der Waals surface area (Å²) >= 11 is 1.35. The lowest BCUT2D eigenvalue weighted by molar-refractivity contribution is -0.129. The lowest BCUT2D eigenvalue weighted by atomic mass is 10.1. The fraction of sp³-hybridized carbons (Fsp3) is 0.375. The number of hydrogen-bond donors (Lipinski definition) is 0. The van der Waals surface area contributed by atoms with Crippen LogP contribution in [0.5, 0.6) is 0 Å². The summed E-state index contributed by atoms with van der Waals surface area (Å²) in [6, 6.07) is 12.8. The predicted molar refractivity (Wildman–Crippen MR) is 127 cm³/mol. The SMILES string of the molecule is Cc1ccc(C)c(-n2c(C)nnc2SCC(=O)N(CCN(C)C)Cc2ccccc2F)c1. The summed E-state index contributed by atoms with van der Waals surface area (Å²) in [6.07, 6.45) is 0. The van der Waals surface area contributed by atoms with Crippen molar-refractivity contribution in [3.8, 4) is 5.69 Å². The molecule has 0 N–H and O–H groups in total. The van der Waals surface area contributed by atoms with Gasteiger partial charge in [-0.3, -0.25) is 9.36 Å². The first-order valence-electron chi connectivity index (χ1n) is 10.5. The number of carbonyl (C=O) groups is 1. The first-order valence-corrected chi connectivity index (χ1v) is 11.5. The Kier molecular flexibility index (Phi) is 8.04. The maximum atomic E-state index is 14.2. The predicted octanol–water partition coefficient (Wildman–Crippen LogP) is 4.01. The van der Waals surface area contributed by atoms with Gasteiger partial charge in [0.1, 0.15) is 11.6 Å². The quantitative estimate of drug-likeness (QED) is 0.456. The molecule has 0 atom stereocenters. The van der Waals surface area contributed by atoms with Crippen LogP contribution in [0.25, 0.3) is 5.69 Å². The number of benzene rings is 2. The third-order valence-corrected chi connectivity index (χ3v) is 6.13. The van der Waals surface area contributed by atoms with Crippen molar-refractivity contribution < 1.29 is 9.18 Å². The molecule has 8 heteroatoms. The molecule has 170 valence electrons. The first-order chi connectivity index (χ1) is 15.3. The van der Waals surface area contributed by atoms with E-state index >= 15 is 0 Å². The van der Waals surface area contributed by atoms with Crippen LogP contribution in [0.4, 0.5) is 4.39 Å². The number of aryl methyl sites for hydroxylation is 3. The Hall–Kier alpha value is -2.71. The van der Waals surface area contributed by atoms with E-state index in [-0.39, 0.29) is 24.0 Å². The minimum atomic E-state index is -0.298. The van der Waals surface area contributed by atoms with Crippen LogP contribution in [0, 0.1) is 26.6 Å². The molecule has 0 spiro atoms. The molecular weight excluding hydrogens is 425 g/mol. The molecule has 1 aromatic heterocycles. The smallest absolute Gasteiger partial charge is 0.233 e. The van der Waals surface area contributed by atoms with Gasteiger partial charge in [0, 0.05) is 25.2 Å². The largest absolute Gasteiger partial charge is 0.336 e. The van der Waals surface area contributed by atoms with Crippen molar-refractivity contribution in [1.29, 1.82) is 0 Å². The molecule has 0 radical (unpaired) electrons. The molecule has 2 aromatic carbocycles. The molecule has 0 saturated carbocycles. The number of aromatic nitrogens is 3. The Labute approximate surface area is 193 Å². The number of rotatable bonds is 9. The van der Waals surface area contributed by atoms with Gasteiger partial charge < -0.3 is 9.80 Å². The Morgan fingerprint density at radius 2 is 1.81 bits per heavy atom. The summed E-state index contributed by atoms with van der Waals surface area (Å²) in [7, 11) is 3.91. The van der Waals surface area contributed by atoms with Gasteiger partial charge in [-0.25, -0.2) is 4.39 Å². The number of nitrogens with zero attached hydrogens (tertiary/aromatic N) is 5. The van der Waals surface area contributed by atoms with Crippen LogP contribution in [0.3, 0.4) is 0 Å². The molecule has 32 heavy (non-hydrogen) atoms. The van der Waals surface area contributed by atoms with Crippen molar-refractivity contribution in [2.45, 2.75) is 32.5 Å². The molecule has 1 amide bonds. The van der Waals surface area contributed by atoms with Crippen LogP contribution in [0.15, 0.2) is 47.6 Å². The van der Waals surface area contributed by atoms with Crippen LogP contribution in [0.2, 0.25) is 0 Å². The van der Waals surface area contributed by atoms with E-state index in [1.54, 1.807) is 23.1 Å². The molecule has 0 unspecified atom stereocenters. The molecule has 3 rings (SSSR count). The van der Waals surface area contributed by atoms with Gasteiger partial charge >= 0.3 is 0 Å². The van der Waals surface area contributed by atoms with E-state index in [4.69, 9.17) is 0 Å². The molecule has 1 heterocycles. The highest BCUT2D eigenvalue weighted by Gasteiger charge is 2.19. The van der Waals surface area contributed by atoms with Gasteiger partial charge in [-0.2, -0.15) is 0 Å². The van der Waals surface area contributed by atoms with Crippen LogP contribution in [0.1, 0.15) is 22.5 Å². The molecule has 0 aliphatic heterocycles. The monoisotopic (exact) mass is 455 g/mol. The summed E-state index contributed by atoms with van der Waals surface area (Å²) in [5.74, 6) is 0.607. The number of amides is 1.